The van der Waals surface area contributed by atoms with Crippen LogP contribution in [0.4, 0.5) is 10.8 Å². The summed E-state index contributed by atoms with van der Waals surface area (Å²) in [4.78, 5) is 45.8. The predicted molar refractivity (Wildman–Crippen MR) is 209 cm³/mol. The molecule has 0 fully saturated rings. The Morgan fingerprint density at radius 3 is 2.25 bits per heavy atom. The maximum absolute atomic E-state index is 13.7. The molecule has 1 atom stereocenters. The van der Waals surface area contributed by atoms with Gasteiger partial charge in [-0.15, -0.1) is 23.1 Å². The second-order valence-electron chi connectivity index (χ2n) is 11.0. The number of carbonyl (C=O) groups excluding carboxylic acids is 3. The van der Waals surface area contributed by atoms with Crippen LogP contribution in [0.1, 0.15) is 26.7 Å². The van der Waals surface area contributed by atoms with Crippen LogP contribution in [0.25, 0.3) is 17.3 Å². The van der Waals surface area contributed by atoms with Gasteiger partial charge in [0, 0.05) is 31.6 Å². The van der Waals surface area contributed by atoms with Crippen LogP contribution in [-0.2, 0) is 9.59 Å². The van der Waals surface area contributed by atoms with Gasteiger partial charge in [0.15, 0.2) is 5.13 Å². The number of ether oxygens (including phenoxy) is 1. The number of thioether (sulfide) groups is 1. The zero-order valence-corrected chi connectivity index (χ0v) is 30.4. The summed E-state index contributed by atoms with van der Waals surface area (Å²) in [6.07, 6.45) is 1.62. The molecule has 51 heavy (non-hydrogen) atoms. The Morgan fingerprint density at radius 2 is 1.53 bits per heavy atom. The average molecular weight is 776 g/mol. The van der Waals surface area contributed by atoms with E-state index < -0.39 is 17.1 Å². The molecule has 0 bridgehead atoms. The third-order valence-corrected chi connectivity index (χ3v) is 10.0. The van der Waals surface area contributed by atoms with E-state index in [1.807, 2.05) is 102 Å². The highest BCUT2D eigenvalue weighted by molar-refractivity contribution is 9.10. The third-order valence-electron chi connectivity index (χ3n) is 7.51. The Hall–Kier alpha value is -5.49. The summed E-state index contributed by atoms with van der Waals surface area (Å²) >= 11 is 6.18. The van der Waals surface area contributed by atoms with Crippen LogP contribution < -0.4 is 20.7 Å². The van der Waals surface area contributed by atoms with Crippen LogP contribution >= 0.6 is 39.0 Å². The molecule has 254 valence electrons. The van der Waals surface area contributed by atoms with Gasteiger partial charge in [0.2, 0.25) is 5.91 Å². The molecule has 6 rings (SSSR count). The minimum atomic E-state index is -0.585. The van der Waals surface area contributed by atoms with Gasteiger partial charge < -0.3 is 20.7 Å². The summed E-state index contributed by atoms with van der Waals surface area (Å²) in [6, 6.07) is 40.4. The van der Waals surface area contributed by atoms with E-state index in [0.29, 0.717) is 27.8 Å². The highest BCUT2D eigenvalue weighted by atomic mass is 79.9. The van der Waals surface area contributed by atoms with Gasteiger partial charge in [-0.25, -0.2) is 4.98 Å². The largest absolute Gasteiger partial charge is 0.496 e. The van der Waals surface area contributed by atoms with Crippen molar-refractivity contribution in [2.45, 2.75) is 10.1 Å². The lowest BCUT2D eigenvalue weighted by Crippen LogP contribution is -2.30. The lowest BCUT2D eigenvalue weighted by molar-refractivity contribution is -0.116. The van der Waals surface area contributed by atoms with E-state index in [1.54, 1.807) is 49.6 Å². The molecule has 1 unspecified atom stereocenters. The zero-order chi connectivity index (χ0) is 35.6. The van der Waals surface area contributed by atoms with Gasteiger partial charge in [-0.2, -0.15) is 0 Å². The fraction of sp³-hybridized carbons (Fsp3) is 0.0500. The van der Waals surface area contributed by atoms with Crippen LogP contribution in [0.3, 0.4) is 0 Å². The fourth-order valence-corrected chi connectivity index (χ4v) is 7.19. The molecule has 0 aliphatic heterocycles. The van der Waals surface area contributed by atoms with Crippen molar-refractivity contribution in [1.82, 2.24) is 10.3 Å². The normalized spacial score (nSPS) is 11.7. The number of nitrogens with zero attached hydrogens (tertiary/aromatic N) is 1. The number of aromatic nitrogens is 1. The minimum Gasteiger partial charge on any atom is -0.496 e. The lowest BCUT2D eigenvalue weighted by atomic mass is 10.1. The van der Waals surface area contributed by atoms with Crippen molar-refractivity contribution in [3.8, 4) is 17.0 Å². The molecule has 1 heterocycles. The van der Waals surface area contributed by atoms with Crippen LogP contribution in [-0.4, -0.2) is 29.8 Å². The predicted octanol–water partition coefficient (Wildman–Crippen LogP) is 9.46. The SMILES string of the molecule is COc1ccccc1-c1csc(NC(=O)C(Sc2ccc(NC(=O)/C(=C/c3cccc(Br)c3)NC(=O)c3ccccc3)cc2)c2ccccc2)n1. The minimum absolute atomic E-state index is 0.0808. The number of methoxy groups -OCH3 is 1. The van der Waals surface area contributed by atoms with Crippen LogP contribution in [0.5, 0.6) is 5.75 Å². The molecule has 3 amide bonds. The van der Waals surface area contributed by atoms with Gasteiger partial charge in [0.25, 0.3) is 11.8 Å². The van der Waals surface area contributed by atoms with Crippen molar-refractivity contribution >= 4 is 73.6 Å². The number of amides is 3. The molecule has 5 aromatic carbocycles. The summed E-state index contributed by atoms with van der Waals surface area (Å²) in [5.41, 5.74) is 4.14. The number of para-hydroxylation sites is 1. The second-order valence-corrected chi connectivity index (χ2v) is 14.0. The Kier molecular flexibility index (Phi) is 11.7. The molecule has 8 nitrogen and oxygen atoms in total. The van der Waals surface area contributed by atoms with E-state index >= 15 is 0 Å². The highest BCUT2D eigenvalue weighted by Crippen LogP contribution is 2.38. The number of nitrogens with one attached hydrogen (secondary N) is 3. The summed E-state index contributed by atoms with van der Waals surface area (Å²) in [6.45, 7) is 0. The van der Waals surface area contributed by atoms with Crippen molar-refractivity contribution in [2.24, 2.45) is 0 Å². The highest BCUT2D eigenvalue weighted by Gasteiger charge is 2.24. The van der Waals surface area contributed by atoms with E-state index in [4.69, 9.17) is 4.74 Å². The first-order valence-corrected chi connectivity index (χ1v) is 18.3. The molecule has 1 aromatic heterocycles. The Morgan fingerprint density at radius 1 is 0.824 bits per heavy atom. The number of halogens is 1. The summed E-state index contributed by atoms with van der Waals surface area (Å²) in [5.74, 6) is -0.414. The van der Waals surface area contributed by atoms with E-state index in [1.165, 1.54) is 23.1 Å². The number of hydrogen-bond donors (Lipinski definition) is 3. The first kappa shape index (κ1) is 35.3. The number of hydrogen-bond acceptors (Lipinski definition) is 7. The van der Waals surface area contributed by atoms with Crippen molar-refractivity contribution in [3.63, 3.8) is 0 Å². The number of carbonyl (C=O) groups is 3. The second kappa shape index (κ2) is 16.9. The van der Waals surface area contributed by atoms with Gasteiger partial charge >= 0.3 is 0 Å². The van der Waals surface area contributed by atoms with Crippen molar-refractivity contribution in [1.29, 1.82) is 0 Å². The fourth-order valence-electron chi connectivity index (χ4n) is 5.04. The lowest BCUT2D eigenvalue weighted by Gasteiger charge is -2.17. The van der Waals surface area contributed by atoms with E-state index in [2.05, 4.69) is 36.9 Å². The summed E-state index contributed by atoms with van der Waals surface area (Å²) in [5, 5.41) is 10.4. The zero-order valence-electron chi connectivity index (χ0n) is 27.2. The van der Waals surface area contributed by atoms with Crippen LogP contribution in [0.2, 0.25) is 0 Å². The maximum atomic E-state index is 13.7. The van der Waals surface area contributed by atoms with Gasteiger partial charge in [0.05, 0.1) is 12.8 Å². The first-order chi connectivity index (χ1) is 24.9. The van der Waals surface area contributed by atoms with Crippen molar-refractivity contribution < 1.29 is 19.1 Å². The Balaban J connectivity index is 1.17. The number of anilines is 2. The van der Waals surface area contributed by atoms with E-state index in [9.17, 15) is 14.4 Å². The van der Waals surface area contributed by atoms with Crippen molar-refractivity contribution in [2.75, 3.05) is 17.7 Å². The smallest absolute Gasteiger partial charge is 0.272 e. The van der Waals surface area contributed by atoms with Gasteiger partial charge in [-0.05, 0) is 77.9 Å². The van der Waals surface area contributed by atoms with Crippen LogP contribution in [0.15, 0.2) is 154 Å². The van der Waals surface area contributed by atoms with E-state index in [-0.39, 0.29) is 11.6 Å². The maximum Gasteiger partial charge on any atom is 0.272 e. The molecule has 0 saturated heterocycles. The Bertz CT molecular complexity index is 2170. The molecule has 0 aliphatic rings. The molecular formula is C40H31BrN4O4S2. The number of benzene rings is 5. The molecule has 3 N–H and O–H groups in total. The Labute approximate surface area is 312 Å². The summed E-state index contributed by atoms with van der Waals surface area (Å²) < 4.78 is 6.32. The molecular weight excluding hydrogens is 745 g/mol. The molecule has 0 aliphatic carbocycles. The molecule has 0 radical (unpaired) electrons. The molecule has 0 saturated carbocycles. The topological polar surface area (TPSA) is 109 Å². The summed E-state index contributed by atoms with van der Waals surface area (Å²) in [7, 11) is 1.61. The average Bonchev–Trinajstić information content (AvgIpc) is 3.63. The molecule has 0 spiro atoms. The third kappa shape index (κ3) is 9.40. The van der Waals surface area contributed by atoms with Crippen LogP contribution in [0, 0.1) is 0 Å². The molecule has 11 heteroatoms. The molecule has 6 aromatic rings. The van der Waals surface area contributed by atoms with Gasteiger partial charge in [0.1, 0.15) is 16.7 Å². The van der Waals surface area contributed by atoms with E-state index in [0.717, 1.165) is 26.1 Å². The first-order valence-electron chi connectivity index (χ1n) is 15.7. The van der Waals surface area contributed by atoms with Crippen molar-refractivity contribution in [3.05, 3.63) is 166 Å². The quantitative estimate of drug-likeness (QED) is 0.0845. The van der Waals surface area contributed by atoms with Gasteiger partial charge in [-0.1, -0.05) is 88.7 Å². The number of thiazole rings is 1. The standard InChI is InChI=1S/C40H31BrN4O4S2/c1-49-35-18-9-8-17-32(35)34-25-50-40(44-34)45-39(48)36(27-12-4-2-5-13-27)51-31-21-19-30(20-22-31)42-38(47)33(24-26-11-10-16-29(41)23-26)43-37(46)28-14-6-3-7-15-28/h2-25,36H,1H3,(H,42,47)(H,43,46)(H,44,45,48)/b33-24-. The number of rotatable bonds is 12. The van der Waals surface area contributed by atoms with Gasteiger partial charge in [-0.3, -0.25) is 14.4 Å². The monoisotopic (exact) mass is 774 g/mol.